The fourth-order valence-electron chi connectivity index (χ4n) is 6.52. The van der Waals surface area contributed by atoms with Crippen LogP contribution in [0, 0.1) is 5.92 Å². The third-order valence-electron chi connectivity index (χ3n) is 7.64. The van der Waals surface area contributed by atoms with Gasteiger partial charge in [0.25, 0.3) is 0 Å². The quantitative estimate of drug-likeness (QED) is 0.836. The highest BCUT2D eigenvalue weighted by Gasteiger charge is 2.57. The average molecular weight is 362 g/mol. The Hall–Kier alpha value is -1.64. The van der Waals surface area contributed by atoms with Gasteiger partial charge in [0.2, 0.25) is 0 Å². The van der Waals surface area contributed by atoms with Crippen molar-refractivity contribution in [3.63, 3.8) is 0 Å². The van der Waals surface area contributed by atoms with Gasteiger partial charge in [-0.3, -0.25) is 4.90 Å². The highest BCUT2D eigenvalue weighted by Crippen LogP contribution is 2.60. The van der Waals surface area contributed by atoms with E-state index in [9.17, 15) is 5.11 Å². The number of benzene rings is 2. The van der Waals surface area contributed by atoms with Gasteiger partial charge in [0, 0.05) is 5.54 Å². The van der Waals surface area contributed by atoms with Crippen LogP contribution in [0.3, 0.4) is 0 Å². The van der Waals surface area contributed by atoms with Crippen molar-refractivity contribution in [2.24, 2.45) is 5.92 Å². The Morgan fingerprint density at radius 2 is 1.22 bits per heavy atom. The molecule has 2 nitrogen and oxygen atoms in total. The molecule has 3 saturated carbocycles. The van der Waals surface area contributed by atoms with Gasteiger partial charge >= 0.3 is 0 Å². The Kier molecular flexibility index (Phi) is 4.57. The van der Waals surface area contributed by atoms with Gasteiger partial charge in [0.15, 0.2) is 0 Å². The lowest BCUT2D eigenvalue weighted by Crippen LogP contribution is -2.63. The first-order valence-electron chi connectivity index (χ1n) is 10.8. The Morgan fingerprint density at radius 3 is 1.74 bits per heavy atom. The molecule has 1 heterocycles. The van der Waals surface area contributed by atoms with E-state index in [2.05, 4.69) is 65.6 Å². The number of hydrogen-bond donors (Lipinski definition) is 1. The van der Waals surface area contributed by atoms with Crippen LogP contribution in [0.4, 0.5) is 0 Å². The molecule has 0 amide bonds. The maximum absolute atomic E-state index is 11.3. The van der Waals surface area contributed by atoms with E-state index in [1.807, 2.05) is 0 Å². The predicted octanol–water partition coefficient (Wildman–Crippen LogP) is 4.95. The minimum atomic E-state index is -0.204. The zero-order valence-corrected chi connectivity index (χ0v) is 16.1. The molecule has 1 N–H and O–H groups in total. The Labute approximate surface area is 163 Å². The van der Waals surface area contributed by atoms with Gasteiger partial charge in [-0.2, -0.15) is 0 Å². The largest absolute Gasteiger partial charge is 0.393 e. The van der Waals surface area contributed by atoms with Gasteiger partial charge in [-0.25, -0.2) is 0 Å². The summed E-state index contributed by atoms with van der Waals surface area (Å²) < 4.78 is 0. The molecule has 0 spiro atoms. The van der Waals surface area contributed by atoms with Crippen molar-refractivity contribution in [1.82, 2.24) is 4.90 Å². The molecular weight excluding hydrogens is 330 g/mol. The van der Waals surface area contributed by atoms with Crippen LogP contribution in [0.1, 0.15) is 61.5 Å². The second kappa shape index (κ2) is 7.07. The SMILES string of the molecule is O[C@@H]1CC2(N3CCCCC3)C[C@H](c3ccccc3)C1[C@H](c1ccccc1)C2. The molecule has 6 rings (SSSR count). The highest BCUT2D eigenvalue weighted by atomic mass is 16.3. The molecule has 27 heavy (non-hydrogen) atoms. The normalized spacial score (nSPS) is 36.6. The van der Waals surface area contributed by atoms with Crippen LogP contribution in [-0.2, 0) is 0 Å². The van der Waals surface area contributed by atoms with Gasteiger partial charge in [-0.15, -0.1) is 0 Å². The maximum Gasteiger partial charge on any atom is 0.0597 e. The van der Waals surface area contributed by atoms with Crippen molar-refractivity contribution in [2.75, 3.05) is 13.1 Å². The molecule has 2 bridgehead atoms. The van der Waals surface area contributed by atoms with Crippen LogP contribution in [0.5, 0.6) is 0 Å². The molecule has 3 aliphatic carbocycles. The van der Waals surface area contributed by atoms with E-state index in [1.54, 1.807) is 0 Å². The Bertz CT molecular complexity index is 703. The number of fused-ring (bicyclic) bond motifs is 3. The molecule has 2 heteroatoms. The average Bonchev–Trinajstić information content (AvgIpc) is 2.75. The first-order valence-corrected chi connectivity index (χ1v) is 10.8. The van der Waals surface area contributed by atoms with Gasteiger partial charge in [-0.1, -0.05) is 67.1 Å². The van der Waals surface area contributed by atoms with E-state index in [0.717, 1.165) is 6.42 Å². The summed E-state index contributed by atoms with van der Waals surface area (Å²) in [6.07, 6.45) is 7.17. The van der Waals surface area contributed by atoms with Crippen molar-refractivity contribution in [3.8, 4) is 0 Å². The number of aliphatic hydroxyl groups excluding tert-OH is 1. The zero-order valence-electron chi connectivity index (χ0n) is 16.1. The van der Waals surface area contributed by atoms with Gasteiger partial charge in [0.1, 0.15) is 0 Å². The summed E-state index contributed by atoms with van der Waals surface area (Å²) >= 11 is 0. The number of likely N-dealkylation sites (tertiary alicyclic amines) is 1. The Morgan fingerprint density at radius 1 is 0.704 bits per heavy atom. The highest BCUT2D eigenvalue weighted by molar-refractivity contribution is 5.32. The third-order valence-corrected chi connectivity index (χ3v) is 7.64. The van der Waals surface area contributed by atoms with E-state index < -0.39 is 0 Å². The van der Waals surface area contributed by atoms with Gasteiger partial charge in [0.05, 0.1) is 6.10 Å². The summed E-state index contributed by atoms with van der Waals surface area (Å²) in [6, 6.07) is 22.0. The molecule has 1 saturated heterocycles. The summed E-state index contributed by atoms with van der Waals surface area (Å²) in [5, 5.41) is 11.3. The second-order valence-corrected chi connectivity index (χ2v) is 9.06. The summed E-state index contributed by atoms with van der Waals surface area (Å²) in [4.78, 5) is 2.76. The molecule has 2 aromatic rings. The van der Waals surface area contributed by atoms with Crippen LogP contribution in [-0.4, -0.2) is 34.7 Å². The summed E-state index contributed by atoms with van der Waals surface area (Å²) in [5.74, 6) is 1.24. The lowest BCUT2D eigenvalue weighted by Gasteiger charge is -2.61. The fraction of sp³-hybridized carbons (Fsp3) is 0.520. The molecule has 2 aromatic carbocycles. The second-order valence-electron chi connectivity index (χ2n) is 9.06. The molecule has 5 atom stereocenters. The van der Waals surface area contributed by atoms with Gasteiger partial charge in [-0.05, 0) is 74.1 Å². The van der Waals surface area contributed by atoms with Crippen LogP contribution in [0.25, 0.3) is 0 Å². The summed E-state index contributed by atoms with van der Waals surface area (Å²) in [6.45, 7) is 2.42. The number of nitrogens with zero attached hydrogens (tertiary/aromatic N) is 1. The molecule has 0 radical (unpaired) electrons. The fourth-order valence-corrected chi connectivity index (χ4v) is 6.52. The third kappa shape index (κ3) is 3.03. The minimum Gasteiger partial charge on any atom is -0.393 e. The molecule has 142 valence electrons. The lowest BCUT2D eigenvalue weighted by molar-refractivity contribution is -0.110. The van der Waals surface area contributed by atoms with Gasteiger partial charge < -0.3 is 5.11 Å². The monoisotopic (exact) mass is 361 g/mol. The minimum absolute atomic E-state index is 0.162. The first kappa shape index (κ1) is 17.5. The van der Waals surface area contributed by atoms with Crippen molar-refractivity contribution >= 4 is 0 Å². The first-order chi connectivity index (χ1) is 13.3. The maximum atomic E-state index is 11.3. The zero-order chi connectivity index (χ0) is 18.3. The molecule has 1 aliphatic heterocycles. The number of rotatable bonds is 3. The van der Waals surface area contributed by atoms with Crippen molar-refractivity contribution in [3.05, 3.63) is 71.8 Å². The molecule has 4 aliphatic rings. The molecular formula is C25H31NO. The van der Waals surface area contributed by atoms with E-state index >= 15 is 0 Å². The van der Waals surface area contributed by atoms with E-state index in [4.69, 9.17) is 0 Å². The van der Waals surface area contributed by atoms with Crippen LogP contribution < -0.4 is 0 Å². The topological polar surface area (TPSA) is 23.5 Å². The number of piperidine rings is 1. The van der Waals surface area contributed by atoms with Crippen LogP contribution in [0.2, 0.25) is 0 Å². The van der Waals surface area contributed by atoms with Crippen LogP contribution in [0.15, 0.2) is 60.7 Å². The smallest absolute Gasteiger partial charge is 0.0597 e. The van der Waals surface area contributed by atoms with Crippen LogP contribution >= 0.6 is 0 Å². The summed E-state index contributed by atoms with van der Waals surface area (Å²) in [7, 11) is 0. The molecule has 4 fully saturated rings. The number of hydrogen-bond acceptors (Lipinski definition) is 2. The lowest BCUT2D eigenvalue weighted by atomic mass is 9.51. The predicted molar refractivity (Wildman–Crippen MR) is 110 cm³/mol. The van der Waals surface area contributed by atoms with Crippen molar-refractivity contribution < 1.29 is 5.11 Å². The Balaban J connectivity index is 1.58. The van der Waals surface area contributed by atoms with Crippen molar-refractivity contribution in [1.29, 1.82) is 0 Å². The van der Waals surface area contributed by atoms with E-state index in [0.29, 0.717) is 17.8 Å². The van der Waals surface area contributed by atoms with E-state index in [-0.39, 0.29) is 11.6 Å². The summed E-state index contributed by atoms with van der Waals surface area (Å²) in [5.41, 5.74) is 3.00. The standard InChI is InChI=1S/C25H31NO/c27-23-18-25(26-14-8-3-9-15-26)16-21(19-10-4-1-5-11-19)24(23)22(17-25)20-12-6-2-7-13-20/h1-2,4-7,10-13,21-24,27H,3,8-9,14-18H2/t21-,22+,23-,24?,25?/m1/s1. The molecule has 2 unspecified atom stereocenters. The molecule has 0 aromatic heterocycles. The van der Waals surface area contributed by atoms with E-state index in [1.165, 1.54) is 56.3 Å². The van der Waals surface area contributed by atoms with Crippen molar-refractivity contribution in [2.45, 2.75) is 62.0 Å². The number of aliphatic hydroxyl groups is 1.